The molecule has 1 unspecified atom stereocenters. The van der Waals surface area contributed by atoms with E-state index in [-0.39, 0.29) is 11.8 Å². The van der Waals surface area contributed by atoms with Gasteiger partial charge in [0, 0.05) is 28.4 Å². The minimum atomic E-state index is -0.355. The van der Waals surface area contributed by atoms with Gasteiger partial charge in [-0.2, -0.15) is 5.26 Å². The van der Waals surface area contributed by atoms with Crippen molar-refractivity contribution >= 4 is 10.9 Å². The fourth-order valence-electron chi connectivity index (χ4n) is 4.30. The van der Waals surface area contributed by atoms with Gasteiger partial charge in [-0.15, -0.1) is 5.10 Å². The van der Waals surface area contributed by atoms with Crippen LogP contribution in [0, 0.1) is 25.2 Å². The van der Waals surface area contributed by atoms with Gasteiger partial charge in [0.2, 0.25) is 11.8 Å². The monoisotopic (exact) mass is 425 g/mol. The van der Waals surface area contributed by atoms with Gasteiger partial charge >= 0.3 is 0 Å². The average molecular weight is 425 g/mol. The summed E-state index contributed by atoms with van der Waals surface area (Å²) in [4.78, 5) is 0. The first-order valence-electron chi connectivity index (χ1n) is 10.5. The van der Waals surface area contributed by atoms with Crippen LogP contribution in [0.1, 0.15) is 28.3 Å². The fourth-order valence-corrected chi connectivity index (χ4v) is 4.30. The minimum absolute atomic E-state index is 0.0936. The number of hydrogen-bond donors (Lipinski definition) is 2. The van der Waals surface area contributed by atoms with Crippen molar-refractivity contribution in [1.82, 2.24) is 14.8 Å². The van der Waals surface area contributed by atoms with E-state index in [0.29, 0.717) is 24.6 Å². The molecule has 5 rings (SSSR count). The molecule has 32 heavy (non-hydrogen) atoms. The molecule has 1 atom stereocenters. The van der Waals surface area contributed by atoms with Gasteiger partial charge in [-0.3, -0.25) is 5.10 Å². The Bertz CT molecular complexity index is 1370. The van der Waals surface area contributed by atoms with Crippen LogP contribution in [0.2, 0.25) is 0 Å². The molecule has 3 heterocycles. The molecule has 3 N–H and O–H groups in total. The zero-order valence-electron chi connectivity index (χ0n) is 17.9. The molecule has 0 fully saturated rings. The van der Waals surface area contributed by atoms with Crippen molar-refractivity contribution in [2.75, 3.05) is 6.61 Å². The quantitative estimate of drug-likeness (QED) is 0.497. The summed E-state index contributed by atoms with van der Waals surface area (Å²) >= 11 is 0. The van der Waals surface area contributed by atoms with Crippen molar-refractivity contribution < 1.29 is 9.47 Å². The normalized spacial score (nSPS) is 15.3. The second kappa shape index (κ2) is 7.82. The summed E-state index contributed by atoms with van der Waals surface area (Å²) in [7, 11) is 0. The van der Waals surface area contributed by atoms with Crippen molar-refractivity contribution in [2.45, 2.75) is 26.3 Å². The number of nitrogens with zero attached hydrogens (tertiary/aromatic N) is 3. The number of allylic oxidation sites excluding steroid dienone is 1. The summed E-state index contributed by atoms with van der Waals surface area (Å²) in [6.07, 6.45) is 2.08. The van der Waals surface area contributed by atoms with E-state index in [4.69, 9.17) is 15.2 Å². The van der Waals surface area contributed by atoms with Crippen molar-refractivity contribution in [1.29, 1.82) is 5.26 Å². The summed E-state index contributed by atoms with van der Waals surface area (Å²) < 4.78 is 13.7. The van der Waals surface area contributed by atoms with E-state index < -0.39 is 0 Å². The van der Waals surface area contributed by atoms with Crippen LogP contribution in [0.3, 0.4) is 0 Å². The van der Waals surface area contributed by atoms with Crippen LogP contribution in [0.15, 0.2) is 66.2 Å². The molecule has 0 bridgehead atoms. The third-order valence-corrected chi connectivity index (χ3v) is 5.88. The molecule has 1 aliphatic heterocycles. The molecule has 7 nitrogen and oxygen atoms in total. The van der Waals surface area contributed by atoms with Gasteiger partial charge in [0.25, 0.3) is 0 Å². The summed E-state index contributed by atoms with van der Waals surface area (Å²) in [5.74, 6) is 1.00. The smallest absolute Gasteiger partial charge is 0.244 e. The Morgan fingerprint density at radius 3 is 2.75 bits per heavy atom. The molecule has 0 saturated carbocycles. The number of fused-ring (bicyclic) bond motifs is 2. The average Bonchev–Trinajstić information content (AvgIpc) is 3.35. The van der Waals surface area contributed by atoms with Crippen molar-refractivity contribution in [3.8, 4) is 17.7 Å². The van der Waals surface area contributed by atoms with E-state index in [9.17, 15) is 5.26 Å². The molecule has 2 aromatic heterocycles. The summed E-state index contributed by atoms with van der Waals surface area (Å²) in [6.45, 7) is 5.16. The highest BCUT2D eigenvalue weighted by molar-refractivity contribution is 5.86. The Morgan fingerprint density at radius 2 is 1.97 bits per heavy atom. The van der Waals surface area contributed by atoms with Crippen molar-refractivity contribution in [3.63, 3.8) is 0 Å². The molecule has 0 aliphatic carbocycles. The summed E-state index contributed by atoms with van der Waals surface area (Å²) in [5, 5.41) is 18.1. The number of rotatable bonds is 5. The lowest BCUT2D eigenvalue weighted by molar-refractivity contribution is 0.300. The molecular weight excluding hydrogens is 402 g/mol. The van der Waals surface area contributed by atoms with E-state index in [1.807, 2.05) is 43.3 Å². The molecule has 7 heteroatoms. The van der Waals surface area contributed by atoms with Crippen LogP contribution in [0.25, 0.3) is 10.9 Å². The number of ether oxygens (including phenoxy) is 2. The van der Waals surface area contributed by atoms with Gasteiger partial charge in [0.15, 0.2) is 0 Å². The number of H-pyrrole nitrogens is 1. The largest absolute Gasteiger partial charge is 0.492 e. The predicted octanol–water partition coefficient (Wildman–Crippen LogP) is 4.28. The second-order valence-corrected chi connectivity index (χ2v) is 7.95. The molecule has 0 radical (unpaired) electrons. The number of benzene rings is 2. The van der Waals surface area contributed by atoms with Gasteiger partial charge in [-0.1, -0.05) is 35.9 Å². The van der Waals surface area contributed by atoms with E-state index in [2.05, 4.69) is 46.1 Å². The van der Waals surface area contributed by atoms with Crippen LogP contribution >= 0.6 is 0 Å². The van der Waals surface area contributed by atoms with Crippen LogP contribution in [0.5, 0.6) is 11.6 Å². The number of hydrogen-bond acceptors (Lipinski definition) is 5. The molecular formula is C25H23N5O2. The number of aromatic amines is 1. The number of aryl methyl sites for hydroxylation is 2. The molecule has 1 aliphatic rings. The summed E-state index contributed by atoms with van der Waals surface area (Å²) in [6, 6.07) is 18.4. The zero-order valence-corrected chi connectivity index (χ0v) is 17.9. The molecule has 0 saturated heterocycles. The van der Waals surface area contributed by atoms with Gasteiger partial charge < -0.3 is 19.8 Å². The highest BCUT2D eigenvalue weighted by atomic mass is 16.5. The van der Waals surface area contributed by atoms with Crippen LogP contribution in [-0.2, 0) is 6.54 Å². The Kier molecular flexibility index (Phi) is 4.83. The van der Waals surface area contributed by atoms with Crippen LogP contribution in [-0.4, -0.2) is 21.4 Å². The Hall–Kier alpha value is -4.18. The minimum Gasteiger partial charge on any atom is -0.492 e. The Balaban J connectivity index is 1.53. The van der Waals surface area contributed by atoms with E-state index >= 15 is 0 Å². The van der Waals surface area contributed by atoms with E-state index in [1.165, 1.54) is 5.56 Å². The maximum atomic E-state index is 9.89. The third kappa shape index (κ3) is 3.26. The first-order valence-corrected chi connectivity index (χ1v) is 10.5. The number of nitrogens with two attached hydrogens (primary N) is 1. The highest BCUT2D eigenvalue weighted by Gasteiger charge is 2.35. The standard InChI is InChI=1S/C25H23N5O2/c1-15-7-9-17(10-8-15)31-12-11-30-14-20(18-5-3-4-6-21(18)30)23-19(13-26)24(27)32-25-22(23)16(2)28-29-25/h3-10,14,23H,11-12,27H2,1-2H3,(H,28,29). The molecule has 4 aromatic rings. The maximum Gasteiger partial charge on any atom is 0.244 e. The van der Waals surface area contributed by atoms with Gasteiger partial charge in [-0.05, 0) is 37.6 Å². The molecule has 2 aromatic carbocycles. The SMILES string of the molecule is Cc1ccc(OCCn2cc(C3C(C#N)=C(N)Oc4n[nH]c(C)c43)c3ccccc32)cc1. The fraction of sp³-hybridized carbons (Fsp3) is 0.200. The number of nitriles is 1. The predicted molar refractivity (Wildman–Crippen MR) is 121 cm³/mol. The topological polar surface area (TPSA) is 102 Å². The first kappa shape index (κ1) is 19.8. The number of aromatic nitrogens is 3. The molecule has 0 amide bonds. The molecule has 160 valence electrons. The third-order valence-electron chi connectivity index (χ3n) is 5.88. The van der Waals surface area contributed by atoms with E-state index in [0.717, 1.165) is 33.5 Å². The summed E-state index contributed by atoms with van der Waals surface area (Å²) in [5.41, 5.74) is 11.4. The van der Waals surface area contributed by atoms with Gasteiger partial charge in [-0.25, -0.2) is 0 Å². The lowest BCUT2D eigenvalue weighted by Gasteiger charge is -2.23. The highest BCUT2D eigenvalue weighted by Crippen LogP contribution is 2.45. The lowest BCUT2D eigenvalue weighted by Crippen LogP contribution is -2.21. The van der Waals surface area contributed by atoms with Crippen molar-refractivity contribution in [3.05, 3.63) is 88.6 Å². The Labute approximate surface area is 185 Å². The zero-order chi connectivity index (χ0) is 22.2. The van der Waals surface area contributed by atoms with Crippen LogP contribution < -0.4 is 15.2 Å². The van der Waals surface area contributed by atoms with E-state index in [1.54, 1.807) is 0 Å². The lowest BCUT2D eigenvalue weighted by atomic mass is 9.84. The van der Waals surface area contributed by atoms with Gasteiger partial charge in [0.05, 0.1) is 12.5 Å². The molecule has 0 spiro atoms. The Morgan fingerprint density at radius 1 is 1.19 bits per heavy atom. The van der Waals surface area contributed by atoms with Gasteiger partial charge in [0.1, 0.15) is 24.0 Å². The van der Waals surface area contributed by atoms with Crippen LogP contribution in [0.4, 0.5) is 0 Å². The number of para-hydroxylation sites is 1. The maximum absolute atomic E-state index is 9.89. The first-order chi connectivity index (χ1) is 15.6. The number of nitrogens with one attached hydrogen (secondary N) is 1. The van der Waals surface area contributed by atoms with Crippen molar-refractivity contribution in [2.24, 2.45) is 5.73 Å². The second-order valence-electron chi connectivity index (χ2n) is 7.95.